The predicted octanol–water partition coefficient (Wildman–Crippen LogP) is -1.73. The van der Waals surface area contributed by atoms with Crippen molar-refractivity contribution in [2.24, 2.45) is 0 Å². The number of rotatable bonds is 1. The molecule has 0 aliphatic carbocycles. The number of furan rings is 1. The van der Waals surface area contributed by atoms with E-state index in [1.54, 1.807) is 0 Å². The summed E-state index contributed by atoms with van der Waals surface area (Å²) >= 11 is 0. The average Bonchev–Trinajstić information content (AvgIpc) is 2.11. The second-order valence-electron chi connectivity index (χ2n) is 2.02. The normalized spacial score (nSPS) is 10.0. The van der Waals surface area contributed by atoms with Crippen LogP contribution < -0.4 is 57.0 Å². The molecule has 0 N–H and O–H groups in total. The van der Waals surface area contributed by atoms with Crippen molar-refractivity contribution in [1.82, 2.24) is 0 Å². The van der Waals surface area contributed by atoms with E-state index < -0.39 is 12.6 Å². The Balaban J connectivity index is 0. The van der Waals surface area contributed by atoms with Crippen molar-refractivity contribution in [2.45, 2.75) is 6.92 Å². The molecule has 0 fully saturated rings. The molecule has 7 heteroatoms. The van der Waals surface area contributed by atoms with Crippen LogP contribution in [-0.4, -0.2) is 58.4 Å². The maximum absolute atomic E-state index is 11.8. The topological polar surface area (TPSA) is 13.1 Å². The summed E-state index contributed by atoms with van der Waals surface area (Å²) in [7, 11) is 0. The maximum Gasteiger partial charge on any atom is 1.00 e. The van der Waals surface area contributed by atoms with Gasteiger partial charge in [0, 0.05) is 57.0 Å². The van der Waals surface area contributed by atoms with Crippen LogP contribution in [0.5, 0.6) is 0 Å². The van der Waals surface area contributed by atoms with Crippen molar-refractivity contribution in [3.8, 4) is 0 Å². The molecule has 0 atom stereocenters. The summed E-state index contributed by atoms with van der Waals surface area (Å²) in [5.41, 5.74) is -0.877. The fraction of sp³-hybridized carbons (Fsp3) is 0.200. The second kappa shape index (κ2) is 6.81. The van der Waals surface area contributed by atoms with Crippen LogP contribution in [0.1, 0.15) is 5.76 Å². The van der Waals surface area contributed by atoms with Crippen molar-refractivity contribution < 1.29 is 68.7 Å². The molecule has 0 bridgehead atoms. The van der Waals surface area contributed by atoms with E-state index in [1.165, 1.54) is 13.0 Å². The van der Waals surface area contributed by atoms with Gasteiger partial charge in [-0.15, -0.1) is 0 Å². The van der Waals surface area contributed by atoms with E-state index in [2.05, 4.69) is 4.42 Å². The van der Waals surface area contributed by atoms with Crippen molar-refractivity contribution in [1.29, 1.82) is 0 Å². The van der Waals surface area contributed by atoms with E-state index in [9.17, 15) is 12.9 Å². The zero-order valence-electron chi connectivity index (χ0n) is 7.27. The summed E-state index contributed by atoms with van der Waals surface area (Å²) in [6.45, 7) is -3.47. The van der Waals surface area contributed by atoms with Crippen molar-refractivity contribution >= 4 is 64.0 Å². The van der Waals surface area contributed by atoms with Crippen molar-refractivity contribution in [2.75, 3.05) is 0 Å². The number of hydrogen-bond donors (Lipinski definition) is 0. The van der Waals surface area contributed by atoms with E-state index in [0.717, 1.165) is 6.07 Å². The van der Waals surface area contributed by atoms with Gasteiger partial charge in [0.05, 0.1) is 5.76 Å². The number of halogens is 3. The Kier molecular flexibility index (Phi) is 9.55. The first-order chi connectivity index (χ1) is 4.50. The van der Waals surface area contributed by atoms with Gasteiger partial charge in [-0.1, -0.05) is 6.07 Å². The van der Waals surface area contributed by atoms with Crippen LogP contribution in [0.15, 0.2) is 16.5 Å². The molecule has 0 spiro atoms. The third-order valence-corrected chi connectivity index (χ3v) is 1.08. The van der Waals surface area contributed by atoms with Crippen LogP contribution in [-0.2, 0) is 0 Å². The van der Waals surface area contributed by atoms with Gasteiger partial charge in [-0.05, 0) is 13.0 Å². The van der Waals surface area contributed by atoms with E-state index in [1.807, 2.05) is 0 Å². The molecule has 1 rings (SSSR count). The summed E-state index contributed by atoms with van der Waals surface area (Å²) in [4.78, 5) is 0. The van der Waals surface area contributed by atoms with Crippen LogP contribution in [0.4, 0.5) is 12.9 Å². The third-order valence-electron chi connectivity index (χ3n) is 1.08. The van der Waals surface area contributed by atoms with Gasteiger partial charge in [0.15, 0.2) is 0 Å². The largest absolute Gasteiger partial charge is 1.00 e. The van der Waals surface area contributed by atoms with Gasteiger partial charge in [-0.25, -0.2) is 0 Å². The third kappa shape index (κ3) is 5.33. The van der Waals surface area contributed by atoms with Crippen molar-refractivity contribution in [3.05, 3.63) is 17.9 Å². The minimum atomic E-state index is -4.95. The molecule has 0 amide bonds. The molecule has 0 aromatic carbocycles. The van der Waals surface area contributed by atoms with Crippen LogP contribution in [0.25, 0.3) is 0 Å². The van der Waals surface area contributed by atoms with E-state index in [4.69, 9.17) is 0 Å². The first-order valence-corrected chi connectivity index (χ1v) is 2.76. The Bertz CT molecular complexity index is 235. The van der Waals surface area contributed by atoms with Gasteiger partial charge in [0.1, 0.15) is 0 Å². The molecule has 1 radical (unpaired) electrons. The molecule has 0 aliphatic rings. The molecule has 0 aliphatic heterocycles. The quantitative estimate of drug-likeness (QED) is 0.519. The van der Waals surface area contributed by atoms with E-state index in [0.29, 0.717) is 0 Å². The predicted molar refractivity (Wildman–Crippen MR) is 37.9 cm³/mol. The Morgan fingerprint density at radius 3 is 1.92 bits per heavy atom. The second-order valence-corrected chi connectivity index (χ2v) is 2.02. The van der Waals surface area contributed by atoms with Crippen LogP contribution in [0.3, 0.4) is 0 Å². The number of aryl methyl sites for hydroxylation is 1. The standard InChI is InChI=1S/C5H5BF3O.2K/c1-4-2-3-5(10-4)6(7,8)9;;/h2-3H,1H3;;/q-1;;+1. The summed E-state index contributed by atoms with van der Waals surface area (Å²) in [5.74, 6) is 0.286. The minimum Gasteiger partial charge on any atom is -0.498 e. The molecule has 0 saturated heterocycles. The van der Waals surface area contributed by atoms with Crippen LogP contribution in [0.2, 0.25) is 0 Å². The molecule has 57 valence electrons. The molecule has 12 heavy (non-hydrogen) atoms. The summed E-state index contributed by atoms with van der Waals surface area (Å²) in [5, 5.41) is 0. The Hall–Kier alpha value is 2.41. The fourth-order valence-corrected chi connectivity index (χ4v) is 0.629. The van der Waals surface area contributed by atoms with Gasteiger partial charge in [0.2, 0.25) is 0 Å². The molecular weight excluding hydrogens is 222 g/mol. The van der Waals surface area contributed by atoms with Gasteiger partial charge < -0.3 is 17.4 Å². The zero-order chi connectivity index (χ0) is 7.78. The maximum atomic E-state index is 11.8. The fourth-order valence-electron chi connectivity index (χ4n) is 0.629. The zero-order valence-corrected chi connectivity index (χ0v) is 13.5. The van der Waals surface area contributed by atoms with E-state index >= 15 is 0 Å². The SMILES string of the molecule is Cc1ccc([B-](F)(F)F)o1.[K+].[K]. The first-order valence-electron chi connectivity index (χ1n) is 2.76. The Morgan fingerprint density at radius 2 is 1.75 bits per heavy atom. The average molecular weight is 227 g/mol. The molecule has 0 unspecified atom stereocenters. The van der Waals surface area contributed by atoms with Gasteiger partial charge in [0.25, 0.3) is 0 Å². The molecule has 1 nitrogen and oxygen atoms in total. The summed E-state index contributed by atoms with van der Waals surface area (Å²) < 4.78 is 39.7. The molecule has 1 aromatic heterocycles. The van der Waals surface area contributed by atoms with Gasteiger partial charge in [-0.3, -0.25) is 0 Å². The van der Waals surface area contributed by atoms with Crippen LogP contribution >= 0.6 is 0 Å². The number of hydrogen-bond acceptors (Lipinski definition) is 1. The van der Waals surface area contributed by atoms with E-state index in [-0.39, 0.29) is 109 Å². The van der Waals surface area contributed by atoms with Crippen molar-refractivity contribution in [3.63, 3.8) is 0 Å². The first kappa shape index (κ1) is 16.8. The molecular formula is C5H5BF3K2O. The van der Waals surface area contributed by atoms with Crippen LogP contribution in [0, 0.1) is 6.92 Å². The monoisotopic (exact) mass is 227 g/mol. The molecule has 1 heterocycles. The smallest absolute Gasteiger partial charge is 0.498 e. The van der Waals surface area contributed by atoms with Gasteiger partial charge in [-0.2, -0.15) is 0 Å². The Labute approximate surface area is 154 Å². The summed E-state index contributed by atoms with van der Waals surface area (Å²) in [6, 6.07) is 2.24. The Morgan fingerprint density at radius 1 is 1.25 bits per heavy atom. The molecule has 0 saturated carbocycles. The minimum absolute atomic E-state index is 0. The van der Waals surface area contributed by atoms with Gasteiger partial charge >= 0.3 is 58.4 Å². The molecule has 1 aromatic rings. The summed E-state index contributed by atoms with van der Waals surface area (Å²) in [6.07, 6.45) is 0.